The summed E-state index contributed by atoms with van der Waals surface area (Å²) >= 11 is 0. The van der Waals surface area contributed by atoms with E-state index in [2.05, 4.69) is 4.98 Å². The third-order valence-electron chi connectivity index (χ3n) is 1.86. The van der Waals surface area contributed by atoms with Crippen molar-refractivity contribution >= 4 is 11.8 Å². The molecule has 1 rings (SSSR count). The highest BCUT2D eigenvalue weighted by atomic mass is 16.4. The van der Waals surface area contributed by atoms with Gasteiger partial charge in [-0.3, -0.25) is 9.59 Å². The highest BCUT2D eigenvalue weighted by Crippen LogP contribution is 2.01. The summed E-state index contributed by atoms with van der Waals surface area (Å²) in [7, 11) is 0. The summed E-state index contributed by atoms with van der Waals surface area (Å²) in [6.07, 6.45) is 1.09. The van der Waals surface area contributed by atoms with Gasteiger partial charge >= 0.3 is 5.97 Å². The van der Waals surface area contributed by atoms with Gasteiger partial charge < -0.3 is 10.1 Å². The first-order valence-corrected chi connectivity index (χ1v) is 3.91. The van der Waals surface area contributed by atoms with Crippen LogP contribution in [0.15, 0.2) is 11.0 Å². The highest BCUT2D eigenvalue weighted by molar-refractivity contribution is 5.97. The van der Waals surface area contributed by atoms with Crippen LogP contribution in [0.2, 0.25) is 0 Å². The minimum absolute atomic E-state index is 0.0927. The van der Waals surface area contributed by atoms with Gasteiger partial charge in [0, 0.05) is 11.9 Å². The number of aromatic amines is 1. The standard InChI is InChI=1S/C9H9NO4/c1-4-7(5(2)11)8(12)6(3-10-4)9(13)14/h3H,1-2H3,(H,10,12)(H,13,14). The Balaban J connectivity index is 3.58. The van der Waals surface area contributed by atoms with Gasteiger partial charge in [0.05, 0.1) is 5.56 Å². The van der Waals surface area contributed by atoms with Crippen molar-refractivity contribution in [3.63, 3.8) is 0 Å². The summed E-state index contributed by atoms with van der Waals surface area (Å²) in [5.41, 5.74) is -0.862. The number of carbonyl (C=O) groups excluding carboxylic acids is 1. The fourth-order valence-electron chi connectivity index (χ4n) is 1.21. The maximum absolute atomic E-state index is 11.5. The molecular formula is C9H9NO4. The molecule has 0 fully saturated rings. The van der Waals surface area contributed by atoms with E-state index in [9.17, 15) is 14.4 Å². The number of rotatable bonds is 2. The molecule has 1 aromatic rings. The van der Waals surface area contributed by atoms with E-state index in [0.717, 1.165) is 6.20 Å². The molecule has 0 aromatic carbocycles. The zero-order chi connectivity index (χ0) is 10.9. The maximum atomic E-state index is 11.5. The number of H-pyrrole nitrogens is 1. The Bertz CT molecular complexity index is 458. The topological polar surface area (TPSA) is 87.2 Å². The van der Waals surface area contributed by atoms with E-state index in [4.69, 9.17) is 5.11 Å². The van der Waals surface area contributed by atoms with Crippen LogP contribution < -0.4 is 5.43 Å². The molecule has 0 aliphatic rings. The third kappa shape index (κ3) is 1.56. The lowest BCUT2D eigenvalue weighted by Crippen LogP contribution is -2.23. The number of pyridine rings is 1. The van der Waals surface area contributed by atoms with Crippen LogP contribution in [-0.2, 0) is 0 Å². The lowest BCUT2D eigenvalue weighted by molar-refractivity contribution is 0.0695. The number of hydrogen-bond acceptors (Lipinski definition) is 3. The van der Waals surface area contributed by atoms with Crippen molar-refractivity contribution in [3.05, 3.63) is 33.2 Å². The number of Topliss-reactive ketones (excluding diaryl/α,β-unsaturated/α-hetero) is 1. The number of nitrogens with one attached hydrogen (secondary N) is 1. The van der Waals surface area contributed by atoms with Crippen molar-refractivity contribution in [2.75, 3.05) is 0 Å². The number of aromatic nitrogens is 1. The predicted molar refractivity (Wildman–Crippen MR) is 48.8 cm³/mol. The van der Waals surface area contributed by atoms with Gasteiger partial charge in [0.15, 0.2) is 5.78 Å². The lowest BCUT2D eigenvalue weighted by Gasteiger charge is -2.01. The summed E-state index contributed by atoms with van der Waals surface area (Å²) < 4.78 is 0. The molecule has 0 spiro atoms. The van der Waals surface area contributed by atoms with Crippen LogP contribution in [0.1, 0.15) is 33.3 Å². The van der Waals surface area contributed by atoms with Gasteiger partial charge in [0.2, 0.25) is 5.43 Å². The second-order valence-electron chi connectivity index (χ2n) is 2.89. The molecule has 0 aliphatic heterocycles. The Kier molecular flexibility index (Phi) is 2.51. The number of hydrogen-bond donors (Lipinski definition) is 2. The molecule has 0 bridgehead atoms. The molecule has 0 unspecified atom stereocenters. The van der Waals surface area contributed by atoms with Crippen LogP contribution in [0, 0.1) is 6.92 Å². The smallest absolute Gasteiger partial charge is 0.341 e. The van der Waals surface area contributed by atoms with Crippen LogP contribution >= 0.6 is 0 Å². The fourth-order valence-corrected chi connectivity index (χ4v) is 1.21. The van der Waals surface area contributed by atoms with E-state index in [0.29, 0.717) is 5.69 Å². The first kappa shape index (κ1) is 10.2. The van der Waals surface area contributed by atoms with Crippen molar-refractivity contribution in [2.45, 2.75) is 13.8 Å². The summed E-state index contributed by atoms with van der Waals surface area (Å²) in [5, 5.41) is 8.63. The largest absolute Gasteiger partial charge is 0.477 e. The first-order valence-electron chi connectivity index (χ1n) is 3.91. The number of aromatic carboxylic acids is 1. The first-order chi connectivity index (χ1) is 6.45. The molecule has 74 valence electrons. The monoisotopic (exact) mass is 195 g/mol. The summed E-state index contributed by atoms with van der Waals surface area (Å²) in [6, 6.07) is 0. The van der Waals surface area contributed by atoms with E-state index in [1.807, 2.05) is 0 Å². The third-order valence-corrected chi connectivity index (χ3v) is 1.86. The van der Waals surface area contributed by atoms with E-state index in [-0.39, 0.29) is 5.56 Å². The maximum Gasteiger partial charge on any atom is 0.341 e. The molecule has 0 aliphatic carbocycles. The zero-order valence-electron chi connectivity index (χ0n) is 7.75. The SMILES string of the molecule is CC(=O)c1c(C)[nH]cc(C(=O)O)c1=O. The van der Waals surface area contributed by atoms with Crippen LogP contribution in [0.4, 0.5) is 0 Å². The molecule has 5 heteroatoms. The number of carboxylic acids is 1. The van der Waals surface area contributed by atoms with Gasteiger partial charge in [0.1, 0.15) is 5.56 Å². The molecule has 14 heavy (non-hydrogen) atoms. The molecule has 0 radical (unpaired) electrons. The number of carboxylic acid groups (broad SMARTS) is 1. The Labute approximate surface area is 79.4 Å². The van der Waals surface area contributed by atoms with Gasteiger partial charge in [-0.1, -0.05) is 0 Å². The molecule has 0 saturated carbocycles. The summed E-state index contributed by atoms with van der Waals surface area (Å²) in [4.78, 5) is 35.6. The minimum Gasteiger partial charge on any atom is -0.477 e. The van der Waals surface area contributed by atoms with Gasteiger partial charge in [-0.15, -0.1) is 0 Å². The van der Waals surface area contributed by atoms with Gasteiger partial charge in [-0.2, -0.15) is 0 Å². The van der Waals surface area contributed by atoms with Crippen LogP contribution in [0.5, 0.6) is 0 Å². The average molecular weight is 195 g/mol. The Morgan fingerprint density at radius 1 is 1.43 bits per heavy atom. The van der Waals surface area contributed by atoms with Crippen molar-refractivity contribution < 1.29 is 14.7 Å². The lowest BCUT2D eigenvalue weighted by atomic mass is 10.1. The molecule has 1 aromatic heterocycles. The van der Waals surface area contributed by atoms with Crippen molar-refractivity contribution in [3.8, 4) is 0 Å². The van der Waals surface area contributed by atoms with Gasteiger partial charge in [-0.05, 0) is 13.8 Å². The van der Waals surface area contributed by atoms with E-state index < -0.39 is 22.7 Å². The van der Waals surface area contributed by atoms with Crippen molar-refractivity contribution in [2.24, 2.45) is 0 Å². The predicted octanol–water partition coefficient (Wildman–Crippen LogP) is 0.584. The number of carbonyl (C=O) groups is 2. The molecular weight excluding hydrogens is 186 g/mol. The van der Waals surface area contributed by atoms with Crippen molar-refractivity contribution in [1.82, 2.24) is 4.98 Å². The molecule has 5 nitrogen and oxygen atoms in total. The van der Waals surface area contributed by atoms with Crippen molar-refractivity contribution in [1.29, 1.82) is 0 Å². The van der Waals surface area contributed by atoms with Crippen LogP contribution in [-0.4, -0.2) is 21.8 Å². The number of aryl methyl sites for hydroxylation is 1. The minimum atomic E-state index is -1.34. The number of ketones is 1. The van der Waals surface area contributed by atoms with Crippen LogP contribution in [0.25, 0.3) is 0 Å². The molecule has 1 heterocycles. The Morgan fingerprint density at radius 3 is 2.43 bits per heavy atom. The van der Waals surface area contributed by atoms with E-state index in [1.54, 1.807) is 6.92 Å². The average Bonchev–Trinajstić information content (AvgIpc) is 2.02. The zero-order valence-corrected chi connectivity index (χ0v) is 7.75. The molecule has 0 atom stereocenters. The summed E-state index contributed by atoms with van der Waals surface area (Å²) in [5.74, 6) is -1.78. The Morgan fingerprint density at radius 2 is 2.00 bits per heavy atom. The normalized spacial score (nSPS) is 9.86. The second-order valence-corrected chi connectivity index (χ2v) is 2.89. The van der Waals surface area contributed by atoms with Gasteiger partial charge in [-0.25, -0.2) is 4.79 Å². The highest BCUT2D eigenvalue weighted by Gasteiger charge is 2.16. The van der Waals surface area contributed by atoms with Gasteiger partial charge in [0.25, 0.3) is 0 Å². The molecule has 0 saturated heterocycles. The van der Waals surface area contributed by atoms with E-state index >= 15 is 0 Å². The summed E-state index contributed by atoms with van der Waals surface area (Å²) in [6.45, 7) is 2.77. The van der Waals surface area contributed by atoms with E-state index in [1.165, 1.54) is 6.92 Å². The quantitative estimate of drug-likeness (QED) is 0.676. The molecule has 0 amide bonds. The van der Waals surface area contributed by atoms with Crippen LogP contribution in [0.3, 0.4) is 0 Å². The fraction of sp³-hybridized carbons (Fsp3) is 0.222. The Hall–Kier alpha value is -1.91. The second kappa shape index (κ2) is 3.45. The molecule has 2 N–H and O–H groups in total.